The normalized spacial score (nSPS) is 19.0. The van der Waals surface area contributed by atoms with Crippen molar-refractivity contribution in [1.29, 1.82) is 0 Å². The van der Waals surface area contributed by atoms with E-state index in [0.717, 1.165) is 42.8 Å². The number of rotatable bonds is 5. The highest BCUT2D eigenvalue weighted by molar-refractivity contribution is 7.09. The summed E-state index contributed by atoms with van der Waals surface area (Å²) in [7, 11) is 0. The second-order valence-electron chi connectivity index (χ2n) is 5.90. The molecular weight excluding hydrogens is 286 g/mol. The van der Waals surface area contributed by atoms with E-state index in [1.807, 2.05) is 19.2 Å². The van der Waals surface area contributed by atoms with E-state index in [4.69, 9.17) is 0 Å². The average molecular weight is 311 g/mol. The maximum absolute atomic E-state index is 12.0. The van der Waals surface area contributed by atoms with Crippen LogP contribution < -0.4 is 10.6 Å². The average Bonchev–Trinajstić information content (AvgIpc) is 2.90. The number of amides is 2. The third-order valence-electron chi connectivity index (χ3n) is 4.01. The van der Waals surface area contributed by atoms with Crippen molar-refractivity contribution in [2.24, 2.45) is 0 Å². The summed E-state index contributed by atoms with van der Waals surface area (Å²) in [6, 6.07) is -0.293. The maximum Gasteiger partial charge on any atom is 0.315 e. The lowest BCUT2D eigenvalue weighted by Gasteiger charge is -2.32. The first-order valence-corrected chi connectivity index (χ1v) is 8.59. The summed E-state index contributed by atoms with van der Waals surface area (Å²) in [4.78, 5) is 16.4. The van der Waals surface area contributed by atoms with Crippen LogP contribution in [-0.2, 0) is 0 Å². The van der Waals surface area contributed by atoms with Gasteiger partial charge < -0.3 is 15.7 Å². The van der Waals surface area contributed by atoms with Gasteiger partial charge in [0.15, 0.2) is 0 Å². The molecular formula is C15H25N3O2S. The largest absolute Gasteiger partial charge is 0.388 e. The first-order chi connectivity index (χ1) is 10.0. The fourth-order valence-corrected chi connectivity index (χ4v) is 3.64. The van der Waals surface area contributed by atoms with Gasteiger partial charge in [0, 0.05) is 17.6 Å². The molecule has 5 nitrogen and oxygen atoms in total. The number of thiazole rings is 1. The first-order valence-electron chi connectivity index (χ1n) is 7.71. The molecule has 1 aromatic rings. The zero-order valence-electron chi connectivity index (χ0n) is 12.8. The maximum atomic E-state index is 12.0. The summed E-state index contributed by atoms with van der Waals surface area (Å²) in [5.41, 5.74) is 0.252. The molecule has 1 aromatic heterocycles. The highest BCUT2D eigenvalue weighted by Gasteiger charge is 2.29. The summed E-state index contributed by atoms with van der Waals surface area (Å²) in [6.45, 7) is 4.30. The van der Waals surface area contributed by atoms with E-state index in [9.17, 15) is 9.90 Å². The van der Waals surface area contributed by atoms with Crippen LogP contribution in [0, 0.1) is 6.92 Å². The Bertz CT molecular complexity index is 469. The number of aliphatic hydroxyl groups is 1. The summed E-state index contributed by atoms with van der Waals surface area (Å²) in [5, 5.41) is 19.1. The van der Waals surface area contributed by atoms with E-state index < -0.39 is 5.60 Å². The minimum atomic E-state index is -0.727. The number of urea groups is 1. The Labute approximate surface area is 130 Å². The van der Waals surface area contributed by atoms with Crippen molar-refractivity contribution in [3.05, 3.63) is 16.1 Å². The second kappa shape index (κ2) is 7.22. The Balaban J connectivity index is 1.82. The number of aryl methyl sites for hydroxylation is 1. The Morgan fingerprint density at radius 2 is 2.19 bits per heavy atom. The molecule has 0 saturated heterocycles. The monoisotopic (exact) mass is 311 g/mol. The van der Waals surface area contributed by atoms with Crippen molar-refractivity contribution in [3.63, 3.8) is 0 Å². The van der Waals surface area contributed by atoms with E-state index in [1.165, 1.54) is 6.42 Å². The lowest BCUT2D eigenvalue weighted by atomic mass is 9.85. The summed E-state index contributed by atoms with van der Waals surface area (Å²) < 4.78 is 0. The van der Waals surface area contributed by atoms with Gasteiger partial charge in [-0.2, -0.15) is 0 Å². The van der Waals surface area contributed by atoms with Crippen molar-refractivity contribution in [3.8, 4) is 0 Å². The standard InChI is InChI=1S/C15H25N3O2S/c1-3-12(13-17-11(2)9-21-13)18-14(19)16-10-15(20)7-5-4-6-8-15/h9,12,20H,3-8,10H2,1-2H3,(H2,16,18,19). The number of carbonyl (C=O) groups is 1. The van der Waals surface area contributed by atoms with Gasteiger partial charge in [-0.15, -0.1) is 11.3 Å². The van der Waals surface area contributed by atoms with Gasteiger partial charge in [-0.1, -0.05) is 26.2 Å². The van der Waals surface area contributed by atoms with Crippen molar-refractivity contribution < 1.29 is 9.90 Å². The van der Waals surface area contributed by atoms with Crippen LogP contribution in [0.15, 0.2) is 5.38 Å². The Kier molecular flexibility index (Phi) is 5.58. The second-order valence-corrected chi connectivity index (χ2v) is 6.79. The molecule has 0 aliphatic heterocycles. The molecule has 0 aromatic carbocycles. The van der Waals surface area contributed by atoms with E-state index >= 15 is 0 Å². The molecule has 0 spiro atoms. The quantitative estimate of drug-likeness (QED) is 0.783. The molecule has 1 unspecified atom stereocenters. The predicted molar refractivity (Wildman–Crippen MR) is 84.5 cm³/mol. The minimum absolute atomic E-state index is 0.0651. The SMILES string of the molecule is CCC(NC(=O)NCC1(O)CCCCC1)c1nc(C)cs1. The van der Waals surface area contributed by atoms with Crippen LogP contribution in [0.4, 0.5) is 4.79 Å². The lowest BCUT2D eigenvalue weighted by molar-refractivity contribution is 0.00712. The van der Waals surface area contributed by atoms with E-state index in [0.29, 0.717) is 6.54 Å². The van der Waals surface area contributed by atoms with Crippen LogP contribution in [0.2, 0.25) is 0 Å². The van der Waals surface area contributed by atoms with Crippen LogP contribution >= 0.6 is 11.3 Å². The van der Waals surface area contributed by atoms with Gasteiger partial charge in [0.25, 0.3) is 0 Å². The fraction of sp³-hybridized carbons (Fsp3) is 0.733. The molecule has 1 heterocycles. The lowest BCUT2D eigenvalue weighted by Crippen LogP contribution is -2.47. The van der Waals surface area contributed by atoms with Crippen molar-refractivity contribution >= 4 is 17.4 Å². The zero-order valence-corrected chi connectivity index (χ0v) is 13.6. The molecule has 2 rings (SSSR count). The highest BCUT2D eigenvalue weighted by Crippen LogP contribution is 2.27. The van der Waals surface area contributed by atoms with E-state index in [-0.39, 0.29) is 12.1 Å². The molecule has 1 saturated carbocycles. The molecule has 21 heavy (non-hydrogen) atoms. The summed E-state index contributed by atoms with van der Waals surface area (Å²) >= 11 is 1.57. The number of aromatic nitrogens is 1. The third kappa shape index (κ3) is 4.68. The van der Waals surface area contributed by atoms with Crippen molar-refractivity contribution in [2.45, 2.75) is 64.0 Å². The van der Waals surface area contributed by atoms with Crippen LogP contribution in [0.5, 0.6) is 0 Å². The van der Waals surface area contributed by atoms with Gasteiger partial charge in [-0.25, -0.2) is 9.78 Å². The Morgan fingerprint density at radius 1 is 1.48 bits per heavy atom. The van der Waals surface area contributed by atoms with Gasteiger partial charge in [0.2, 0.25) is 0 Å². The Hall–Kier alpha value is -1.14. The van der Waals surface area contributed by atoms with Crippen LogP contribution in [0.1, 0.15) is 62.2 Å². The van der Waals surface area contributed by atoms with Gasteiger partial charge in [-0.3, -0.25) is 0 Å². The summed E-state index contributed by atoms with van der Waals surface area (Å²) in [5.74, 6) is 0. The van der Waals surface area contributed by atoms with Crippen molar-refractivity contribution in [1.82, 2.24) is 15.6 Å². The molecule has 1 aliphatic carbocycles. The molecule has 3 N–H and O–H groups in total. The number of carbonyl (C=O) groups excluding carboxylic acids is 1. The highest BCUT2D eigenvalue weighted by atomic mass is 32.1. The smallest absolute Gasteiger partial charge is 0.315 e. The number of hydrogen-bond donors (Lipinski definition) is 3. The first kappa shape index (κ1) is 16.2. The van der Waals surface area contributed by atoms with Crippen LogP contribution in [0.3, 0.4) is 0 Å². The van der Waals surface area contributed by atoms with E-state index in [1.54, 1.807) is 11.3 Å². The molecule has 2 amide bonds. The topological polar surface area (TPSA) is 74.2 Å². The number of nitrogens with one attached hydrogen (secondary N) is 2. The van der Waals surface area contributed by atoms with Gasteiger partial charge in [0.05, 0.1) is 11.6 Å². The molecule has 1 aliphatic rings. The van der Waals surface area contributed by atoms with Gasteiger partial charge >= 0.3 is 6.03 Å². The molecule has 0 bridgehead atoms. The van der Waals surface area contributed by atoms with Crippen LogP contribution in [-0.4, -0.2) is 28.3 Å². The third-order valence-corrected chi connectivity index (χ3v) is 5.09. The molecule has 6 heteroatoms. The Morgan fingerprint density at radius 3 is 2.76 bits per heavy atom. The van der Waals surface area contributed by atoms with Gasteiger partial charge in [0.1, 0.15) is 5.01 Å². The molecule has 1 atom stereocenters. The molecule has 0 radical (unpaired) electrons. The summed E-state index contributed by atoms with van der Waals surface area (Å²) in [6.07, 6.45) is 5.60. The zero-order chi connectivity index (χ0) is 15.3. The predicted octanol–water partition coefficient (Wildman–Crippen LogP) is 2.90. The fourth-order valence-electron chi connectivity index (χ4n) is 2.71. The molecule has 1 fully saturated rings. The number of hydrogen-bond acceptors (Lipinski definition) is 4. The molecule has 118 valence electrons. The van der Waals surface area contributed by atoms with Gasteiger partial charge in [-0.05, 0) is 26.2 Å². The number of nitrogens with zero attached hydrogens (tertiary/aromatic N) is 1. The minimum Gasteiger partial charge on any atom is -0.388 e. The van der Waals surface area contributed by atoms with Crippen molar-refractivity contribution in [2.75, 3.05) is 6.54 Å². The van der Waals surface area contributed by atoms with Crippen LogP contribution in [0.25, 0.3) is 0 Å². The van der Waals surface area contributed by atoms with E-state index in [2.05, 4.69) is 15.6 Å².